The van der Waals surface area contributed by atoms with Crippen LogP contribution in [0.4, 0.5) is 4.39 Å². The van der Waals surface area contributed by atoms with Crippen LogP contribution >= 0.6 is 0 Å². The Morgan fingerprint density at radius 2 is 2.00 bits per heavy atom. The molecule has 2 nitrogen and oxygen atoms in total. The highest BCUT2D eigenvalue weighted by Crippen LogP contribution is 2.29. The maximum atomic E-state index is 13.6. The number of nitrogens with zero attached hydrogens (tertiary/aromatic N) is 1. The molecule has 1 N–H and O–H groups in total. The minimum Gasteiger partial charge on any atom is -0.395 e. The lowest BCUT2D eigenvalue weighted by Crippen LogP contribution is -2.42. The first-order chi connectivity index (χ1) is 5.70. The molecule has 72 valence electrons. The third kappa shape index (κ3) is 2.42. The van der Waals surface area contributed by atoms with Crippen LogP contribution in [0.25, 0.3) is 0 Å². The van der Waals surface area contributed by atoms with Crippen molar-refractivity contribution >= 4 is 0 Å². The van der Waals surface area contributed by atoms with Crippen molar-refractivity contribution in [2.24, 2.45) is 0 Å². The predicted octanol–water partition coefficient (Wildman–Crippen LogP) is 1.19. The summed E-state index contributed by atoms with van der Waals surface area (Å²) in [4.78, 5) is 2.12. The first kappa shape index (κ1) is 9.93. The van der Waals surface area contributed by atoms with E-state index in [1.165, 1.54) is 0 Å². The number of hydrogen-bond acceptors (Lipinski definition) is 2. The smallest absolute Gasteiger partial charge is 0.113 e. The Labute approximate surface area is 73.4 Å². The molecule has 1 heterocycles. The molecule has 0 aromatic carbocycles. The number of piperidine rings is 1. The van der Waals surface area contributed by atoms with Gasteiger partial charge in [-0.05, 0) is 19.3 Å². The molecule has 1 saturated heterocycles. The Kier molecular flexibility index (Phi) is 3.47. The molecule has 0 aliphatic carbocycles. The summed E-state index contributed by atoms with van der Waals surface area (Å²) >= 11 is 0. The Balaban J connectivity index is 2.29. The molecule has 1 fully saturated rings. The van der Waals surface area contributed by atoms with E-state index >= 15 is 0 Å². The lowest BCUT2D eigenvalue weighted by Gasteiger charge is -2.35. The van der Waals surface area contributed by atoms with Crippen molar-refractivity contribution in [2.45, 2.75) is 31.9 Å². The number of aliphatic hydroxyl groups excluding tert-OH is 1. The lowest BCUT2D eigenvalue weighted by molar-refractivity contribution is 0.0478. The van der Waals surface area contributed by atoms with E-state index in [9.17, 15) is 4.39 Å². The van der Waals surface area contributed by atoms with Crippen LogP contribution in [0.1, 0.15) is 26.2 Å². The van der Waals surface area contributed by atoms with Gasteiger partial charge in [-0.3, -0.25) is 0 Å². The van der Waals surface area contributed by atoms with Crippen molar-refractivity contribution in [1.82, 2.24) is 4.90 Å². The quantitative estimate of drug-likeness (QED) is 0.696. The van der Waals surface area contributed by atoms with E-state index in [1.807, 2.05) is 6.92 Å². The molecule has 3 heteroatoms. The van der Waals surface area contributed by atoms with E-state index in [-0.39, 0.29) is 6.61 Å². The molecule has 12 heavy (non-hydrogen) atoms. The summed E-state index contributed by atoms with van der Waals surface area (Å²) in [5.41, 5.74) is -0.925. The SMILES string of the molecule is CCC1(F)CCN(CCO)CC1. The van der Waals surface area contributed by atoms with Gasteiger partial charge >= 0.3 is 0 Å². The minimum absolute atomic E-state index is 0.186. The molecule has 0 amide bonds. The van der Waals surface area contributed by atoms with E-state index in [0.29, 0.717) is 25.8 Å². The molecule has 0 bridgehead atoms. The van der Waals surface area contributed by atoms with Gasteiger partial charge in [0.25, 0.3) is 0 Å². The fourth-order valence-corrected chi connectivity index (χ4v) is 1.67. The zero-order chi connectivity index (χ0) is 9.03. The first-order valence-corrected chi connectivity index (χ1v) is 4.72. The van der Waals surface area contributed by atoms with Gasteiger partial charge in [-0.25, -0.2) is 4.39 Å². The van der Waals surface area contributed by atoms with E-state index in [1.54, 1.807) is 0 Å². The van der Waals surface area contributed by atoms with Gasteiger partial charge in [-0.1, -0.05) is 6.92 Å². The summed E-state index contributed by atoms with van der Waals surface area (Å²) in [5.74, 6) is 0. The maximum Gasteiger partial charge on any atom is 0.113 e. The zero-order valence-electron chi connectivity index (χ0n) is 7.72. The molecule has 0 spiro atoms. The number of halogens is 1. The Morgan fingerprint density at radius 1 is 1.42 bits per heavy atom. The second-order valence-electron chi connectivity index (χ2n) is 3.57. The number of rotatable bonds is 3. The van der Waals surface area contributed by atoms with Crippen LogP contribution in [0.2, 0.25) is 0 Å². The number of aliphatic hydroxyl groups is 1. The van der Waals surface area contributed by atoms with Gasteiger partial charge in [0.1, 0.15) is 5.67 Å². The zero-order valence-corrected chi connectivity index (χ0v) is 7.72. The van der Waals surface area contributed by atoms with Crippen LogP contribution < -0.4 is 0 Å². The molecule has 0 atom stereocenters. The van der Waals surface area contributed by atoms with Crippen LogP contribution in [-0.4, -0.2) is 41.9 Å². The monoisotopic (exact) mass is 175 g/mol. The molecule has 0 aromatic rings. The molecule has 0 saturated carbocycles. The number of β-amino-alcohol motifs (C(OH)–C–C–N with tert-alkyl or cyclic N) is 1. The molecule has 0 aromatic heterocycles. The highest BCUT2D eigenvalue weighted by atomic mass is 19.1. The van der Waals surface area contributed by atoms with Gasteiger partial charge < -0.3 is 10.0 Å². The van der Waals surface area contributed by atoms with E-state index in [2.05, 4.69) is 4.90 Å². The average molecular weight is 175 g/mol. The Hall–Kier alpha value is -0.150. The van der Waals surface area contributed by atoms with Crippen LogP contribution in [0.15, 0.2) is 0 Å². The van der Waals surface area contributed by atoms with Gasteiger partial charge in [-0.2, -0.15) is 0 Å². The molecule has 1 aliphatic heterocycles. The molecule has 0 radical (unpaired) electrons. The first-order valence-electron chi connectivity index (χ1n) is 4.72. The fourth-order valence-electron chi connectivity index (χ4n) is 1.67. The lowest BCUT2D eigenvalue weighted by atomic mass is 9.91. The molecule has 1 aliphatic rings. The number of likely N-dealkylation sites (tertiary alicyclic amines) is 1. The van der Waals surface area contributed by atoms with Crippen molar-refractivity contribution in [2.75, 3.05) is 26.2 Å². The maximum absolute atomic E-state index is 13.6. The van der Waals surface area contributed by atoms with E-state index < -0.39 is 5.67 Å². The third-order valence-corrected chi connectivity index (χ3v) is 2.80. The summed E-state index contributed by atoms with van der Waals surface area (Å²) in [6, 6.07) is 0. The fraction of sp³-hybridized carbons (Fsp3) is 1.00. The van der Waals surface area contributed by atoms with Gasteiger partial charge in [-0.15, -0.1) is 0 Å². The van der Waals surface area contributed by atoms with Crippen molar-refractivity contribution in [3.63, 3.8) is 0 Å². The van der Waals surface area contributed by atoms with Crippen LogP contribution in [0, 0.1) is 0 Å². The second kappa shape index (κ2) is 4.19. The van der Waals surface area contributed by atoms with Crippen LogP contribution in [-0.2, 0) is 0 Å². The van der Waals surface area contributed by atoms with Gasteiger partial charge in [0, 0.05) is 19.6 Å². The van der Waals surface area contributed by atoms with Gasteiger partial charge in [0.15, 0.2) is 0 Å². The standard InChI is InChI=1S/C9H18FNO/c1-2-9(10)3-5-11(6-4-9)7-8-12/h12H,2-8H2,1H3. The highest BCUT2D eigenvalue weighted by Gasteiger charge is 2.31. The van der Waals surface area contributed by atoms with Crippen LogP contribution in [0.5, 0.6) is 0 Å². The van der Waals surface area contributed by atoms with E-state index in [4.69, 9.17) is 5.11 Å². The molecule has 0 unspecified atom stereocenters. The van der Waals surface area contributed by atoms with Crippen LogP contribution in [0.3, 0.4) is 0 Å². The minimum atomic E-state index is -0.925. The Morgan fingerprint density at radius 3 is 2.42 bits per heavy atom. The number of hydrogen-bond donors (Lipinski definition) is 1. The van der Waals surface area contributed by atoms with Gasteiger partial charge in [0.2, 0.25) is 0 Å². The van der Waals surface area contributed by atoms with Crippen molar-refractivity contribution < 1.29 is 9.50 Å². The van der Waals surface area contributed by atoms with Crippen molar-refractivity contribution in [3.05, 3.63) is 0 Å². The number of alkyl halides is 1. The summed E-state index contributed by atoms with van der Waals surface area (Å²) in [7, 11) is 0. The summed E-state index contributed by atoms with van der Waals surface area (Å²) in [6.07, 6.45) is 1.88. The molecule has 1 rings (SSSR count). The molecular weight excluding hydrogens is 157 g/mol. The Bertz CT molecular complexity index is 132. The second-order valence-corrected chi connectivity index (χ2v) is 3.57. The summed E-state index contributed by atoms with van der Waals surface area (Å²) in [6.45, 7) is 4.38. The summed E-state index contributed by atoms with van der Waals surface area (Å²) < 4.78 is 13.6. The van der Waals surface area contributed by atoms with Crippen molar-refractivity contribution in [3.8, 4) is 0 Å². The summed E-state index contributed by atoms with van der Waals surface area (Å²) in [5, 5.41) is 8.67. The topological polar surface area (TPSA) is 23.5 Å². The normalized spacial score (nSPS) is 24.2. The van der Waals surface area contributed by atoms with E-state index in [0.717, 1.165) is 13.1 Å². The third-order valence-electron chi connectivity index (χ3n) is 2.80. The highest BCUT2D eigenvalue weighted by molar-refractivity contribution is 4.84. The predicted molar refractivity (Wildman–Crippen MR) is 46.9 cm³/mol. The van der Waals surface area contributed by atoms with Gasteiger partial charge in [0.05, 0.1) is 6.61 Å². The molecular formula is C9H18FNO. The van der Waals surface area contributed by atoms with Crippen molar-refractivity contribution in [1.29, 1.82) is 0 Å². The largest absolute Gasteiger partial charge is 0.395 e. The average Bonchev–Trinajstić information content (AvgIpc) is 2.10.